The van der Waals surface area contributed by atoms with E-state index >= 15 is 0 Å². The van der Waals surface area contributed by atoms with Crippen LogP contribution in [0.5, 0.6) is 0 Å². The van der Waals surface area contributed by atoms with Crippen LogP contribution in [0.3, 0.4) is 0 Å². The van der Waals surface area contributed by atoms with Crippen molar-refractivity contribution in [3.05, 3.63) is 59.1 Å². The largest absolute Gasteiger partial charge is 0.378 e. The number of nitrogens with zero attached hydrogens (tertiary/aromatic N) is 2. The number of carbonyl (C=O) groups is 2. The second kappa shape index (κ2) is 9.30. The van der Waals surface area contributed by atoms with E-state index in [1.165, 1.54) is 23.5 Å². The molecule has 33 heavy (non-hydrogen) atoms. The van der Waals surface area contributed by atoms with Crippen molar-refractivity contribution in [1.82, 2.24) is 4.98 Å². The SMILES string of the molecule is CS(=O)(=O)c1cccc(-c2nc(C(=O)Nc3ccc(N4CCOCC4)cc3C(N)=O)cs2)c1. The molecule has 0 radical (unpaired) electrons. The van der Waals surface area contributed by atoms with Gasteiger partial charge in [0.05, 0.1) is 29.4 Å². The molecule has 2 aromatic carbocycles. The number of morpholine rings is 1. The summed E-state index contributed by atoms with van der Waals surface area (Å²) in [5, 5.41) is 4.78. The second-order valence-electron chi connectivity index (χ2n) is 7.49. The molecular weight excluding hydrogens is 464 g/mol. The number of hydrogen-bond donors (Lipinski definition) is 2. The quantitative estimate of drug-likeness (QED) is 0.547. The Morgan fingerprint density at radius 3 is 2.61 bits per heavy atom. The number of ether oxygens (including phenoxy) is 1. The highest BCUT2D eigenvalue weighted by Gasteiger charge is 2.19. The van der Waals surface area contributed by atoms with Gasteiger partial charge in [0.2, 0.25) is 0 Å². The van der Waals surface area contributed by atoms with Gasteiger partial charge >= 0.3 is 0 Å². The van der Waals surface area contributed by atoms with Gasteiger partial charge in [0, 0.05) is 36.0 Å². The van der Waals surface area contributed by atoms with Crippen LogP contribution in [-0.4, -0.2) is 57.8 Å². The Balaban J connectivity index is 1.55. The zero-order valence-corrected chi connectivity index (χ0v) is 19.4. The van der Waals surface area contributed by atoms with Gasteiger partial charge in [0.1, 0.15) is 10.7 Å². The minimum atomic E-state index is -3.36. The van der Waals surface area contributed by atoms with Gasteiger partial charge < -0.3 is 20.7 Å². The molecule has 3 aromatic rings. The van der Waals surface area contributed by atoms with Gasteiger partial charge in [0.15, 0.2) is 9.84 Å². The maximum atomic E-state index is 12.8. The molecule has 2 amide bonds. The predicted octanol–water partition coefficient (Wildman–Crippen LogP) is 2.40. The Labute approximate surface area is 195 Å². The van der Waals surface area contributed by atoms with E-state index < -0.39 is 21.7 Å². The van der Waals surface area contributed by atoms with E-state index in [1.807, 2.05) is 6.07 Å². The number of aromatic nitrogens is 1. The predicted molar refractivity (Wildman–Crippen MR) is 127 cm³/mol. The topological polar surface area (TPSA) is 132 Å². The number of sulfone groups is 1. The van der Waals surface area contributed by atoms with Crippen LogP contribution in [0.15, 0.2) is 52.7 Å². The van der Waals surface area contributed by atoms with Crippen molar-refractivity contribution in [2.45, 2.75) is 4.90 Å². The molecule has 0 atom stereocenters. The number of thiazole rings is 1. The van der Waals surface area contributed by atoms with Gasteiger partial charge in [0.25, 0.3) is 11.8 Å². The van der Waals surface area contributed by atoms with Crippen LogP contribution >= 0.6 is 11.3 Å². The van der Waals surface area contributed by atoms with Gasteiger partial charge in [-0.25, -0.2) is 13.4 Å². The summed E-state index contributed by atoms with van der Waals surface area (Å²) in [6.07, 6.45) is 1.13. The first kappa shape index (κ1) is 22.9. The molecule has 9 nitrogen and oxygen atoms in total. The Kier molecular flexibility index (Phi) is 6.45. The van der Waals surface area contributed by atoms with E-state index in [9.17, 15) is 18.0 Å². The summed E-state index contributed by atoms with van der Waals surface area (Å²) in [4.78, 5) is 31.4. The zero-order chi connectivity index (χ0) is 23.6. The molecule has 1 saturated heterocycles. The minimum Gasteiger partial charge on any atom is -0.378 e. The molecule has 4 rings (SSSR count). The normalized spacial score (nSPS) is 14.2. The maximum absolute atomic E-state index is 12.8. The average molecular weight is 487 g/mol. The smallest absolute Gasteiger partial charge is 0.275 e. The van der Waals surface area contributed by atoms with Gasteiger partial charge in [-0.1, -0.05) is 12.1 Å². The fourth-order valence-electron chi connectivity index (χ4n) is 3.42. The highest BCUT2D eigenvalue weighted by atomic mass is 32.2. The molecule has 0 spiro atoms. The van der Waals surface area contributed by atoms with Crippen LogP contribution in [0.4, 0.5) is 11.4 Å². The lowest BCUT2D eigenvalue weighted by molar-refractivity contribution is 0.100. The number of anilines is 2. The zero-order valence-electron chi connectivity index (χ0n) is 17.8. The first-order valence-electron chi connectivity index (χ1n) is 10.1. The molecule has 0 saturated carbocycles. The Morgan fingerprint density at radius 2 is 1.91 bits per heavy atom. The summed E-state index contributed by atoms with van der Waals surface area (Å²) in [6, 6.07) is 11.5. The number of benzene rings is 2. The number of rotatable bonds is 6. The molecular formula is C22H22N4O5S2. The van der Waals surface area contributed by atoms with E-state index in [0.29, 0.717) is 36.9 Å². The molecule has 1 aliphatic heterocycles. The minimum absolute atomic E-state index is 0.146. The molecule has 172 valence electrons. The maximum Gasteiger partial charge on any atom is 0.275 e. The number of amides is 2. The number of nitrogens with two attached hydrogens (primary N) is 1. The number of nitrogens with one attached hydrogen (secondary N) is 1. The molecule has 1 fully saturated rings. The monoisotopic (exact) mass is 486 g/mol. The lowest BCUT2D eigenvalue weighted by atomic mass is 10.1. The third kappa shape index (κ3) is 5.21. The molecule has 0 unspecified atom stereocenters. The van der Waals surface area contributed by atoms with Crippen LogP contribution in [0, 0.1) is 0 Å². The average Bonchev–Trinajstić information content (AvgIpc) is 3.30. The lowest BCUT2D eigenvalue weighted by Gasteiger charge is -2.29. The number of hydrogen-bond acceptors (Lipinski definition) is 8. The molecule has 1 aliphatic rings. The summed E-state index contributed by atoms with van der Waals surface area (Å²) in [5.41, 5.74) is 7.61. The Bertz CT molecular complexity index is 1310. The molecule has 3 N–H and O–H groups in total. The molecule has 0 aliphatic carbocycles. The molecule has 2 heterocycles. The van der Waals surface area contributed by atoms with E-state index in [-0.39, 0.29) is 21.8 Å². The fraction of sp³-hybridized carbons (Fsp3) is 0.227. The van der Waals surface area contributed by atoms with E-state index in [0.717, 1.165) is 11.9 Å². The van der Waals surface area contributed by atoms with E-state index in [2.05, 4.69) is 15.2 Å². The van der Waals surface area contributed by atoms with Gasteiger partial charge in [-0.2, -0.15) is 0 Å². The standard InChI is InChI=1S/C22H22N4O5S2/c1-33(29,30)16-4-2-3-14(11-16)22-25-19(13-32-22)21(28)24-18-6-5-15(12-17(18)20(23)27)26-7-9-31-10-8-26/h2-6,11-13H,7-10H2,1H3,(H2,23,27)(H,24,28). The number of carbonyl (C=O) groups excluding carboxylic acids is 2. The highest BCUT2D eigenvalue weighted by molar-refractivity contribution is 7.90. The summed E-state index contributed by atoms with van der Waals surface area (Å²) in [6.45, 7) is 2.60. The van der Waals surface area contributed by atoms with Crippen LogP contribution < -0.4 is 16.0 Å². The van der Waals surface area contributed by atoms with Gasteiger partial charge in [-0.3, -0.25) is 9.59 Å². The molecule has 11 heteroatoms. The van der Waals surface area contributed by atoms with Crippen molar-refractivity contribution in [3.8, 4) is 10.6 Å². The van der Waals surface area contributed by atoms with Gasteiger partial charge in [-0.15, -0.1) is 11.3 Å². The lowest BCUT2D eigenvalue weighted by Crippen LogP contribution is -2.36. The summed E-state index contributed by atoms with van der Waals surface area (Å²) >= 11 is 1.22. The van der Waals surface area contributed by atoms with Crippen molar-refractivity contribution >= 4 is 44.4 Å². The van der Waals surface area contributed by atoms with Crippen molar-refractivity contribution in [2.24, 2.45) is 5.73 Å². The summed E-state index contributed by atoms with van der Waals surface area (Å²) in [7, 11) is -3.36. The fourth-order valence-corrected chi connectivity index (χ4v) is 4.88. The van der Waals surface area contributed by atoms with Crippen molar-refractivity contribution in [2.75, 3.05) is 42.8 Å². The Hall–Kier alpha value is -3.28. The first-order valence-corrected chi connectivity index (χ1v) is 12.8. The van der Waals surface area contributed by atoms with Crippen molar-refractivity contribution in [3.63, 3.8) is 0 Å². The van der Waals surface area contributed by atoms with E-state index in [1.54, 1.807) is 29.6 Å². The van der Waals surface area contributed by atoms with Crippen LogP contribution in [0.2, 0.25) is 0 Å². The first-order chi connectivity index (χ1) is 15.7. The van der Waals surface area contributed by atoms with E-state index in [4.69, 9.17) is 10.5 Å². The molecule has 0 bridgehead atoms. The molecule has 1 aromatic heterocycles. The third-order valence-corrected chi connectivity index (χ3v) is 7.14. The summed E-state index contributed by atoms with van der Waals surface area (Å²) < 4.78 is 29.0. The van der Waals surface area contributed by atoms with Gasteiger partial charge in [-0.05, 0) is 30.3 Å². The van der Waals surface area contributed by atoms with Crippen molar-refractivity contribution < 1.29 is 22.7 Å². The van der Waals surface area contributed by atoms with Crippen LogP contribution in [0.1, 0.15) is 20.8 Å². The van der Waals surface area contributed by atoms with Crippen LogP contribution in [-0.2, 0) is 14.6 Å². The van der Waals surface area contributed by atoms with Crippen LogP contribution in [0.25, 0.3) is 10.6 Å². The Morgan fingerprint density at radius 1 is 1.15 bits per heavy atom. The summed E-state index contributed by atoms with van der Waals surface area (Å²) in [5.74, 6) is -1.16. The second-order valence-corrected chi connectivity index (χ2v) is 10.4. The number of primary amides is 1. The van der Waals surface area contributed by atoms with Crippen molar-refractivity contribution in [1.29, 1.82) is 0 Å². The highest BCUT2D eigenvalue weighted by Crippen LogP contribution is 2.28. The third-order valence-electron chi connectivity index (χ3n) is 5.14.